The Labute approximate surface area is 115 Å². The first-order valence-electron chi connectivity index (χ1n) is 6.19. The number of aryl methyl sites for hydroxylation is 1. The average molecular weight is 267 g/mol. The number of nitrogens with zero attached hydrogens (tertiary/aromatic N) is 4. The molecule has 2 N–H and O–H groups in total. The van der Waals surface area contributed by atoms with E-state index in [1.165, 1.54) is 0 Å². The maximum Gasteiger partial charge on any atom is 0.258 e. The Morgan fingerprint density at radius 3 is 2.90 bits per heavy atom. The summed E-state index contributed by atoms with van der Waals surface area (Å²) in [5.74, 6) is 1.56. The quantitative estimate of drug-likeness (QED) is 0.780. The van der Waals surface area contributed by atoms with E-state index in [9.17, 15) is 0 Å². The first-order chi connectivity index (χ1) is 9.76. The minimum Gasteiger partial charge on any atom is -0.334 e. The molecule has 0 atom stereocenters. The van der Waals surface area contributed by atoms with Crippen molar-refractivity contribution in [2.75, 3.05) is 0 Å². The number of nitrogens with two attached hydrogens (primary N) is 1. The van der Waals surface area contributed by atoms with Crippen molar-refractivity contribution in [1.82, 2.24) is 20.1 Å². The molecule has 3 rings (SSSR count). The molecule has 20 heavy (non-hydrogen) atoms. The lowest BCUT2D eigenvalue weighted by atomic mass is 10.1. The molecule has 3 aromatic rings. The van der Waals surface area contributed by atoms with Gasteiger partial charge < -0.3 is 10.3 Å². The van der Waals surface area contributed by atoms with Crippen molar-refractivity contribution in [1.29, 1.82) is 0 Å². The van der Waals surface area contributed by atoms with Gasteiger partial charge in [0.25, 0.3) is 5.89 Å². The fraction of sp³-hybridized carbons (Fsp3) is 0.143. The summed E-state index contributed by atoms with van der Waals surface area (Å²) in [4.78, 5) is 12.7. The molecule has 6 heteroatoms. The number of benzene rings is 1. The SMILES string of the molecule is Cc1nccc(-c2noc(-c3cccc(CN)c3)n2)n1. The fourth-order valence-corrected chi connectivity index (χ4v) is 1.86. The van der Waals surface area contributed by atoms with Crippen LogP contribution in [0.4, 0.5) is 0 Å². The molecular weight excluding hydrogens is 254 g/mol. The van der Waals surface area contributed by atoms with Gasteiger partial charge in [0.2, 0.25) is 5.82 Å². The van der Waals surface area contributed by atoms with E-state index < -0.39 is 0 Å². The third kappa shape index (κ3) is 2.41. The van der Waals surface area contributed by atoms with Crippen LogP contribution in [0.25, 0.3) is 23.0 Å². The maximum absolute atomic E-state index is 5.63. The average Bonchev–Trinajstić information content (AvgIpc) is 2.97. The predicted octanol–water partition coefficient (Wildman–Crippen LogP) is 1.96. The standard InChI is InChI=1S/C14H13N5O/c1-9-16-6-5-12(17-9)13-18-14(20-19-13)11-4-2-3-10(7-11)8-15/h2-7H,8,15H2,1H3. The van der Waals surface area contributed by atoms with Gasteiger partial charge in [-0.2, -0.15) is 4.98 Å². The van der Waals surface area contributed by atoms with Gasteiger partial charge in [-0.25, -0.2) is 9.97 Å². The Morgan fingerprint density at radius 1 is 1.20 bits per heavy atom. The van der Waals surface area contributed by atoms with Crippen LogP contribution in [0, 0.1) is 6.92 Å². The molecule has 0 fully saturated rings. The van der Waals surface area contributed by atoms with Crippen molar-refractivity contribution >= 4 is 0 Å². The molecular formula is C14H13N5O. The van der Waals surface area contributed by atoms with E-state index in [4.69, 9.17) is 10.3 Å². The smallest absolute Gasteiger partial charge is 0.258 e. The van der Waals surface area contributed by atoms with E-state index in [0.717, 1.165) is 11.1 Å². The van der Waals surface area contributed by atoms with Crippen molar-refractivity contribution < 1.29 is 4.52 Å². The lowest BCUT2D eigenvalue weighted by molar-refractivity contribution is 0.432. The summed E-state index contributed by atoms with van der Waals surface area (Å²) in [6.07, 6.45) is 1.67. The Hall–Kier alpha value is -2.60. The van der Waals surface area contributed by atoms with Gasteiger partial charge in [-0.05, 0) is 30.7 Å². The normalized spacial score (nSPS) is 10.7. The van der Waals surface area contributed by atoms with Crippen LogP contribution in [0.3, 0.4) is 0 Å². The molecule has 0 amide bonds. The molecule has 0 saturated carbocycles. The number of aromatic nitrogens is 4. The molecule has 2 aromatic heterocycles. The monoisotopic (exact) mass is 267 g/mol. The van der Waals surface area contributed by atoms with Crippen LogP contribution in [0.15, 0.2) is 41.1 Å². The van der Waals surface area contributed by atoms with Crippen molar-refractivity contribution in [3.8, 4) is 23.0 Å². The Morgan fingerprint density at radius 2 is 2.10 bits per heavy atom. The van der Waals surface area contributed by atoms with E-state index in [1.807, 2.05) is 31.2 Å². The van der Waals surface area contributed by atoms with Gasteiger partial charge in [0.1, 0.15) is 11.5 Å². The fourth-order valence-electron chi connectivity index (χ4n) is 1.86. The first kappa shape index (κ1) is 12.4. The highest BCUT2D eigenvalue weighted by atomic mass is 16.5. The highest BCUT2D eigenvalue weighted by molar-refractivity contribution is 5.57. The summed E-state index contributed by atoms with van der Waals surface area (Å²) >= 11 is 0. The topological polar surface area (TPSA) is 90.7 Å². The molecule has 0 aliphatic heterocycles. The van der Waals surface area contributed by atoms with Crippen LogP contribution in [0.1, 0.15) is 11.4 Å². The third-order valence-corrected chi connectivity index (χ3v) is 2.84. The second kappa shape index (κ2) is 5.18. The molecule has 0 aliphatic rings. The Balaban J connectivity index is 1.97. The van der Waals surface area contributed by atoms with Crippen LogP contribution in [0.2, 0.25) is 0 Å². The largest absolute Gasteiger partial charge is 0.334 e. The molecule has 0 saturated heterocycles. The molecule has 0 unspecified atom stereocenters. The summed E-state index contributed by atoms with van der Waals surface area (Å²) < 4.78 is 5.28. The van der Waals surface area contributed by atoms with Crippen LogP contribution in [0.5, 0.6) is 0 Å². The first-order valence-corrected chi connectivity index (χ1v) is 6.19. The number of rotatable bonds is 3. The zero-order valence-electron chi connectivity index (χ0n) is 10.9. The molecule has 0 bridgehead atoms. The van der Waals surface area contributed by atoms with E-state index in [0.29, 0.717) is 29.8 Å². The molecule has 0 spiro atoms. The Kier molecular flexibility index (Phi) is 3.22. The van der Waals surface area contributed by atoms with Gasteiger partial charge in [-0.3, -0.25) is 0 Å². The highest BCUT2D eigenvalue weighted by Crippen LogP contribution is 2.21. The molecule has 2 heterocycles. The van der Waals surface area contributed by atoms with Crippen molar-refractivity contribution in [3.63, 3.8) is 0 Å². The highest BCUT2D eigenvalue weighted by Gasteiger charge is 2.12. The lowest BCUT2D eigenvalue weighted by Crippen LogP contribution is -1.95. The second-order valence-electron chi connectivity index (χ2n) is 4.32. The lowest BCUT2D eigenvalue weighted by Gasteiger charge is -1.98. The molecule has 1 aromatic carbocycles. The van der Waals surface area contributed by atoms with Crippen LogP contribution in [-0.4, -0.2) is 20.1 Å². The van der Waals surface area contributed by atoms with E-state index >= 15 is 0 Å². The van der Waals surface area contributed by atoms with Crippen molar-refractivity contribution in [2.45, 2.75) is 13.5 Å². The Bertz CT molecular complexity index is 738. The molecule has 0 aliphatic carbocycles. The van der Waals surface area contributed by atoms with Gasteiger partial charge in [0.05, 0.1) is 0 Å². The van der Waals surface area contributed by atoms with Gasteiger partial charge in [0.15, 0.2) is 0 Å². The predicted molar refractivity (Wildman–Crippen MR) is 73.4 cm³/mol. The summed E-state index contributed by atoms with van der Waals surface area (Å²) in [5.41, 5.74) is 8.13. The summed E-state index contributed by atoms with van der Waals surface area (Å²) in [5, 5.41) is 3.95. The zero-order chi connectivity index (χ0) is 13.9. The second-order valence-corrected chi connectivity index (χ2v) is 4.32. The van der Waals surface area contributed by atoms with Crippen LogP contribution >= 0.6 is 0 Å². The number of hydrogen-bond donors (Lipinski definition) is 1. The van der Waals surface area contributed by atoms with E-state index in [-0.39, 0.29) is 0 Å². The minimum absolute atomic E-state index is 0.448. The van der Waals surface area contributed by atoms with Gasteiger partial charge in [-0.1, -0.05) is 17.3 Å². The van der Waals surface area contributed by atoms with Crippen molar-refractivity contribution in [3.05, 3.63) is 47.9 Å². The van der Waals surface area contributed by atoms with Gasteiger partial charge >= 0.3 is 0 Å². The molecule has 0 radical (unpaired) electrons. The van der Waals surface area contributed by atoms with E-state index in [2.05, 4.69) is 20.1 Å². The maximum atomic E-state index is 5.63. The molecule has 100 valence electrons. The minimum atomic E-state index is 0.448. The zero-order valence-corrected chi connectivity index (χ0v) is 10.9. The molecule has 6 nitrogen and oxygen atoms in total. The summed E-state index contributed by atoms with van der Waals surface area (Å²) in [6, 6.07) is 9.45. The van der Waals surface area contributed by atoms with E-state index in [1.54, 1.807) is 12.3 Å². The van der Waals surface area contributed by atoms with Gasteiger partial charge in [-0.15, -0.1) is 0 Å². The summed E-state index contributed by atoms with van der Waals surface area (Å²) in [7, 11) is 0. The van der Waals surface area contributed by atoms with Crippen LogP contribution < -0.4 is 5.73 Å². The van der Waals surface area contributed by atoms with Crippen molar-refractivity contribution in [2.24, 2.45) is 5.73 Å². The van der Waals surface area contributed by atoms with Gasteiger partial charge in [0, 0.05) is 18.3 Å². The van der Waals surface area contributed by atoms with Crippen LogP contribution in [-0.2, 0) is 6.54 Å². The number of hydrogen-bond acceptors (Lipinski definition) is 6. The third-order valence-electron chi connectivity index (χ3n) is 2.84. The summed E-state index contributed by atoms with van der Waals surface area (Å²) in [6.45, 7) is 2.29.